The van der Waals surface area contributed by atoms with Crippen LogP contribution in [-0.2, 0) is 22.8 Å². The fourth-order valence-electron chi connectivity index (χ4n) is 3.92. The largest absolute Gasteiger partial charge is 0.355 e. The molecule has 0 amide bonds. The molecule has 0 unspecified atom stereocenters. The van der Waals surface area contributed by atoms with Gasteiger partial charge in [0.15, 0.2) is 0 Å². The van der Waals surface area contributed by atoms with Crippen LogP contribution in [0.25, 0.3) is 11.3 Å². The van der Waals surface area contributed by atoms with Crippen LogP contribution in [0.3, 0.4) is 0 Å². The number of nitrogens with one attached hydrogen (secondary N) is 1. The number of aromatic nitrogens is 1. The molecule has 0 radical (unpaired) electrons. The highest BCUT2D eigenvalue weighted by Crippen LogP contribution is 2.31. The fraction of sp³-hybridized carbons (Fsp3) is 0.292. The third-order valence-electron chi connectivity index (χ3n) is 5.58. The molecular formula is C24H27N3O2S. The summed E-state index contributed by atoms with van der Waals surface area (Å²) < 4.78 is 23.0. The maximum atomic E-state index is 11.5. The second kappa shape index (κ2) is 8.58. The van der Waals surface area contributed by atoms with Crippen molar-refractivity contribution >= 4 is 21.2 Å². The van der Waals surface area contributed by atoms with Gasteiger partial charge in [0.25, 0.3) is 0 Å². The van der Waals surface area contributed by atoms with E-state index in [1.54, 1.807) is 0 Å². The van der Waals surface area contributed by atoms with Gasteiger partial charge < -0.3 is 5.32 Å². The number of hydrogen-bond acceptors (Lipinski definition) is 5. The van der Waals surface area contributed by atoms with Gasteiger partial charge in [-0.3, -0.25) is 9.88 Å². The smallest absolute Gasteiger partial charge is 0.148 e. The number of aryl methyl sites for hydroxylation is 1. The van der Waals surface area contributed by atoms with Gasteiger partial charge in [-0.2, -0.15) is 0 Å². The van der Waals surface area contributed by atoms with Crippen LogP contribution in [0.4, 0.5) is 11.4 Å². The first-order valence-electron chi connectivity index (χ1n) is 10.2. The molecule has 0 atom stereocenters. The number of anilines is 2. The number of nitrogens with zero attached hydrogens (tertiary/aromatic N) is 2. The van der Waals surface area contributed by atoms with Crippen molar-refractivity contribution in [2.45, 2.75) is 19.9 Å². The molecule has 4 rings (SSSR count). The molecule has 0 saturated heterocycles. The van der Waals surface area contributed by atoms with E-state index in [2.05, 4.69) is 58.5 Å². The summed E-state index contributed by atoms with van der Waals surface area (Å²) in [5, 5.41) is 3.60. The lowest BCUT2D eigenvalue weighted by atomic mass is 9.97. The number of pyridine rings is 1. The van der Waals surface area contributed by atoms with Crippen LogP contribution in [0, 0.1) is 6.92 Å². The van der Waals surface area contributed by atoms with Crippen molar-refractivity contribution in [3.8, 4) is 11.3 Å². The van der Waals surface area contributed by atoms with Gasteiger partial charge in [0.2, 0.25) is 0 Å². The van der Waals surface area contributed by atoms with Crippen molar-refractivity contribution in [1.29, 1.82) is 0 Å². The number of hydrogen-bond donors (Lipinski definition) is 1. The summed E-state index contributed by atoms with van der Waals surface area (Å²) in [5.41, 5.74) is 8.01. The quantitative estimate of drug-likeness (QED) is 0.646. The Morgan fingerprint density at radius 3 is 2.73 bits per heavy atom. The number of rotatable bonds is 6. The van der Waals surface area contributed by atoms with Crippen LogP contribution in [0.2, 0.25) is 0 Å². The summed E-state index contributed by atoms with van der Waals surface area (Å²) >= 11 is 0. The van der Waals surface area contributed by atoms with Crippen LogP contribution < -0.4 is 5.32 Å². The van der Waals surface area contributed by atoms with Crippen LogP contribution in [0.15, 0.2) is 60.8 Å². The predicted octanol–water partition coefficient (Wildman–Crippen LogP) is 4.20. The van der Waals surface area contributed by atoms with Gasteiger partial charge in [0.1, 0.15) is 9.84 Å². The molecule has 1 N–H and O–H groups in total. The van der Waals surface area contributed by atoms with Crippen molar-refractivity contribution < 1.29 is 8.42 Å². The molecular weight excluding hydrogens is 394 g/mol. The van der Waals surface area contributed by atoms with Crippen LogP contribution in [0.1, 0.15) is 16.7 Å². The maximum absolute atomic E-state index is 11.5. The summed E-state index contributed by atoms with van der Waals surface area (Å²) in [6.07, 6.45) is 4.02. The minimum atomic E-state index is -2.94. The van der Waals surface area contributed by atoms with Crippen molar-refractivity contribution in [3.63, 3.8) is 0 Å². The lowest BCUT2D eigenvalue weighted by Crippen LogP contribution is -2.34. The van der Waals surface area contributed by atoms with E-state index in [4.69, 9.17) is 0 Å². The highest BCUT2D eigenvalue weighted by molar-refractivity contribution is 7.90. The minimum absolute atomic E-state index is 0.208. The number of fused-ring (bicyclic) bond motifs is 1. The molecule has 156 valence electrons. The van der Waals surface area contributed by atoms with Gasteiger partial charge >= 0.3 is 0 Å². The summed E-state index contributed by atoms with van der Waals surface area (Å²) in [4.78, 5) is 6.72. The van der Waals surface area contributed by atoms with Crippen LogP contribution in [-0.4, -0.2) is 43.4 Å². The molecule has 2 aromatic carbocycles. The molecule has 0 spiro atoms. The number of sulfone groups is 1. The van der Waals surface area contributed by atoms with E-state index in [1.165, 1.54) is 22.9 Å². The molecule has 6 heteroatoms. The Hall–Kier alpha value is -2.70. The molecule has 0 fully saturated rings. The standard InChI is InChI=1S/C24H27N3O2S/c1-18-9-10-20(16-22(18)23-7-3-4-12-25-23)26-24-8-5-6-19-17-27(13-11-21(19)24)14-15-30(2,28)29/h3-10,12,16,26H,11,13-15,17H2,1-2H3. The highest BCUT2D eigenvalue weighted by atomic mass is 32.2. The zero-order valence-corrected chi connectivity index (χ0v) is 18.2. The van der Waals surface area contributed by atoms with Gasteiger partial charge in [-0.15, -0.1) is 0 Å². The predicted molar refractivity (Wildman–Crippen MR) is 123 cm³/mol. The van der Waals surface area contributed by atoms with Gasteiger partial charge in [-0.05, 0) is 60.4 Å². The van der Waals surface area contributed by atoms with Crippen LogP contribution >= 0.6 is 0 Å². The first-order chi connectivity index (χ1) is 14.4. The normalized spacial score (nSPS) is 14.3. The Bertz CT molecular complexity index is 1140. The third kappa shape index (κ3) is 4.89. The molecule has 1 aromatic heterocycles. The Kier molecular flexibility index (Phi) is 5.88. The summed E-state index contributed by atoms with van der Waals surface area (Å²) in [5.74, 6) is 0.208. The molecule has 5 nitrogen and oxygen atoms in total. The van der Waals surface area contributed by atoms with Crippen molar-refractivity contribution in [3.05, 3.63) is 77.5 Å². The van der Waals surface area contributed by atoms with Gasteiger partial charge in [0, 0.05) is 49.0 Å². The molecule has 1 aliphatic rings. The van der Waals surface area contributed by atoms with Crippen molar-refractivity contribution in [2.24, 2.45) is 0 Å². The summed E-state index contributed by atoms with van der Waals surface area (Å²) in [6.45, 7) is 4.34. The van der Waals surface area contributed by atoms with Gasteiger partial charge in [0.05, 0.1) is 11.4 Å². The SMILES string of the molecule is Cc1ccc(Nc2cccc3c2CCN(CCS(C)(=O)=O)C3)cc1-c1ccccn1. The maximum Gasteiger partial charge on any atom is 0.148 e. The van der Waals surface area contributed by atoms with Gasteiger partial charge in [-0.25, -0.2) is 8.42 Å². The lowest BCUT2D eigenvalue weighted by molar-refractivity contribution is 0.269. The van der Waals surface area contributed by atoms with E-state index >= 15 is 0 Å². The summed E-state index contributed by atoms with van der Waals surface area (Å²) in [7, 11) is -2.94. The Balaban J connectivity index is 1.55. The molecule has 2 heterocycles. The number of benzene rings is 2. The van der Waals surface area contributed by atoms with E-state index in [9.17, 15) is 8.42 Å². The Labute approximate surface area is 178 Å². The molecule has 30 heavy (non-hydrogen) atoms. The average Bonchev–Trinajstić information content (AvgIpc) is 2.74. The highest BCUT2D eigenvalue weighted by Gasteiger charge is 2.20. The van der Waals surface area contributed by atoms with Gasteiger partial charge in [-0.1, -0.05) is 24.3 Å². The topological polar surface area (TPSA) is 62.3 Å². The van der Waals surface area contributed by atoms with E-state index in [0.717, 1.165) is 42.1 Å². The van der Waals surface area contributed by atoms with Crippen molar-refractivity contribution in [1.82, 2.24) is 9.88 Å². The molecule has 0 bridgehead atoms. The van der Waals surface area contributed by atoms with E-state index < -0.39 is 9.84 Å². The monoisotopic (exact) mass is 421 g/mol. The Morgan fingerprint density at radius 1 is 1.10 bits per heavy atom. The fourth-order valence-corrected chi connectivity index (χ4v) is 4.51. The van der Waals surface area contributed by atoms with E-state index in [0.29, 0.717) is 6.54 Å². The first kappa shape index (κ1) is 20.6. The molecule has 0 aliphatic carbocycles. The van der Waals surface area contributed by atoms with Crippen molar-refractivity contribution in [2.75, 3.05) is 30.4 Å². The zero-order chi connectivity index (χ0) is 21.1. The minimum Gasteiger partial charge on any atom is -0.355 e. The second-order valence-electron chi connectivity index (χ2n) is 7.97. The van der Waals surface area contributed by atoms with E-state index in [-0.39, 0.29) is 5.75 Å². The Morgan fingerprint density at radius 2 is 1.97 bits per heavy atom. The third-order valence-corrected chi connectivity index (χ3v) is 6.50. The second-order valence-corrected chi connectivity index (χ2v) is 10.2. The summed E-state index contributed by atoms with van der Waals surface area (Å²) in [6, 6.07) is 18.7. The zero-order valence-electron chi connectivity index (χ0n) is 17.4. The molecule has 3 aromatic rings. The lowest BCUT2D eigenvalue weighted by Gasteiger charge is -2.30. The van der Waals surface area contributed by atoms with E-state index in [1.807, 2.05) is 24.4 Å². The first-order valence-corrected chi connectivity index (χ1v) is 12.2. The average molecular weight is 422 g/mol. The molecule has 0 saturated carbocycles. The molecule has 1 aliphatic heterocycles. The van der Waals surface area contributed by atoms with Crippen LogP contribution in [0.5, 0.6) is 0 Å².